The maximum atomic E-state index is 12.9. The number of unbranched alkanes of at least 4 members (excludes halogenated alkanes) is 28. The highest BCUT2D eigenvalue weighted by Gasteiger charge is 2.19. The third-order valence-corrected chi connectivity index (χ3v) is 14.4. The van der Waals surface area contributed by atoms with Gasteiger partial charge in [-0.15, -0.1) is 0 Å². The fourth-order valence-corrected chi connectivity index (χ4v) is 9.36. The quantitative estimate of drug-likeness (QED) is 0.0261. The molecule has 1 atom stereocenters. The molecule has 6 nitrogen and oxygen atoms in total. The number of hydrogen-bond acceptors (Lipinski definition) is 6. The third kappa shape index (κ3) is 66.4. The summed E-state index contributed by atoms with van der Waals surface area (Å²) in [5.41, 5.74) is 0. The van der Waals surface area contributed by atoms with Crippen molar-refractivity contribution in [2.24, 2.45) is 0 Å². The number of carbonyl (C=O) groups excluding carboxylic acids is 3. The maximum absolute atomic E-state index is 12.9. The van der Waals surface area contributed by atoms with Crippen LogP contribution < -0.4 is 0 Å². The van der Waals surface area contributed by atoms with Crippen molar-refractivity contribution < 1.29 is 28.6 Å². The van der Waals surface area contributed by atoms with E-state index in [2.05, 4.69) is 154 Å². The number of rotatable bonds is 61. The highest BCUT2D eigenvalue weighted by atomic mass is 16.6. The van der Waals surface area contributed by atoms with E-state index in [1.807, 2.05) is 0 Å². The van der Waals surface area contributed by atoms with E-state index in [1.165, 1.54) is 122 Å². The second-order valence-electron chi connectivity index (χ2n) is 22.3. The van der Waals surface area contributed by atoms with Gasteiger partial charge in [0.25, 0.3) is 0 Å². The van der Waals surface area contributed by atoms with Gasteiger partial charge < -0.3 is 14.2 Å². The minimum absolute atomic E-state index is 0.0853. The van der Waals surface area contributed by atoms with Crippen molar-refractivity contribution in [2.45, 2.75) is 316 Å². The van der Waals surface area contributed by atoms with Crippen molar-refractivity contribution in [3.8, 4) is 0 Å². The minimum Gasteiger partial charge on any atom is -0.462 e. The summed E-state index contributed by atoms with van der Waals surface area (Å²) in [6, 6.07) is 0. The molecule has 0 amide bonds. The number of allylic oxidation sites excluding steroid dienone is 22. The first-order chi connectivity index (χ1) is 40.5. The van der Waals surface area contributed by atoms with Gasteiger partial charge in [0.15, 0.2) is 6.10 Å². The van der Waals surface area contributed by atoms with Gasteiger partial charge in [-0.25, -0.2) is 0 Å². The molecule has 82 heavy (non-hydrogen) atoms. The molecule has 0 saturated heterocycles. The van der Waals surface area contributed by atoms with E-state index in [-0.39, 0.29) is 31.1 Å². The van der Waals surface area contributed by atoms with Crippen LogP contribution in [0.3, 0.4) is 0 Å². The second kappa shape index (κ2) is 69.0. The normalized spacial score (nSPS) is 13.0. The first kappa shape index (κ1) is 77.5. The van der Waals surface area contributed by atoms with E-state index < -0.39 is 6.10 Å². The largest absolute Gasteiger partial charge is 0.462 e. The van der Waals surface area contributed by atoms with Gasteiger partial charge in [0.05, 0.1) is 0 Å². The number of carbonyl (C=O) groups is 3. The third-order valence-electron chi connectivity index (χ3n) is 14.4. The molecule has 0 aromatic rings. The van der Waals surface area contributed by atoms with Gasteiger partial charge in [-0.1, -0.05) is 309 Å². The standard InChI is InChI=1S/C76H126O6/c1-4-7-10-13-16-19-21-23-25-27-29-31-32-33-34-35-36-37-38-39-40-41-42-43-44-46-47-49-51-53-55-57-60-63-66-69-75(78)81-72-73(71-80-74(77)68-65-62-59-18-15-12-9-6-3)82-76(79)70-67-64-61-58-56-54-52-50-48-45-30-28-26-24-22-20-17-14-11-8-5-2/h7-8,10-11,16-17,19-20,23-26,29-31,33-34,36-37,45,50,52,73H,4-6,9,12-15,18,21-22,27-28,32,35,38-44,46-49,51,53-72H2,1-3H3/b10-7-,11-8-,19-16-,20-17-,25-23-,26-24-,31-29-,34-33-,37-36-,45-30-,52-50-. The average Bonchev–Trinajstić information content (AvgIpc) is 3.47. The van der Waals surface area contributed by atoms with Crippen LogP contribution in [0.15, 0.2) is 134 Å². The summed E-state index contributed by atoms with van der Waals surface area (Å²) >= 11 is 0. The second-order valence-corrected chi connectivity index (χ2v) is 22.3. The first-order valence-corrected chi connectivity index (χ1v) is 34.2. The first-order valence-electron chi connectivity index (χ1n) is 34.2. The molecule has 0 rings (SSSR count). The van der Waals surface area contributed by atoms with Crippen LogP contribution in [0.1, 0.15) is 310 Å². The zero-order chi connectivity index (χ0) is 59.2. The molecule has 0 aromatic heterocycles. The average molecular weight is 1140 g/mol. The lowest BCUT2D eigenvalue weighted by molar-refractivity contribution is -0.167. The van der Waals surface area contributed by atoms with E-state index in [1.54, 1.807) is 0 Å². The van der Waals surface area contributed by atoms with Gasteiger partial charge in [0, 0.05) is 19.3 Å². The molecule has 0 bridgehead atoms. The zero-order valence-corrected chi connectivity index (χ0v) is 53.5. The Balaban J connectivity index is 4.11. The Kier molecular flexibility index (Phi) is 65.3. The summed E-state index contributed by atoms with van der Waals surface area (Å²) in [5, 5.41) is 0. The number of esters is 3. The van der Waals surface area contributed by atoms with Gasteiger partial charge in [0.2, 0.25) is 0 Å². The van der Waals surface area contributed by atoms with Gasteiger partial charge in [-0.05, 0) is 116 Å². The molecule has 0 spiro atoms. The molecule has 0 N–H and O–H groups in total. The maximum Gasteiger partial charge on any atom is 0.306 e. The highest BCUT2D eigenvalue weighted by molar-refractivity contribution is 5.71. The van der Waals surface area contributed by atoms with Crippen LogP contribution in [0.5, 0.6) is 0 Å². The molecule has 0 heterocycles. The Bertz CT molecular complexity index is 1730. The molecular weight excluding hydrogens is 1010 g/mol. The zero-order valence-electron chi connectivity index (χ0n) is 53.5. The van der Waals surface area contributed by atoms with Crippen molar-refractivity contribution >= 4 is 17.9 Å². The fraction of sp³-hybridized carbons (Fsp3) is 0.671. The van der Waals surface area contributed by atoms with E-state index in [9.17, 15) is 14.4 Å². The van der Waals surface area contributed by atoms with Gasteiger partial charge in [-0.2, -0.15) is 0 Å². The molecule has 0 saturated carbocycles. The molecule has 6 heteroatoms. The van der Waals surface area contributed by atoms with Crippen LogP contribution >= 0.6 is 0 Å². The van der Waals surface area contributed by atoms with Gasteiger partial charge in [0.1, 0.15) is 13.2 Å². The van der Waals surface area contributed by atoms with E-state index in [0.717, 1.165) is 148 Å². The van der Waals surface area contributed by atoms with E-state index >= 15 is 0 Å². The summed E-state index contributed by atoms with van der Waals surface area (Å²) in [7, 11) is 0. The Morgan fingerprint density at radius 3 is 0.744 bits per heavy atom. The van der Waals surface area contributed by atoms with E-state index in [4.69, 9.17) is 14.2 Å². The Hall–Kier alpha value is -4.45. The lowest BCUT2D eigenvalue weighted by atomic mass is 10.0. The van der Waals surface area contributed by atoms with Crippen molar-refractivity contribution in [1.82, 2.24) is 0 Å². The summed E-state index contributed by atoms with van der Waals surface area (Å²) in [6.45, 7) is 6.38. The van der Waals surface area contributed by atoms with Crippen LogP contribution in [-0.2, 0) is 28.6 Å². The molecule has 0 aliphatic rings. The minimum atomic E-state index is -0.789. The van der Waals surface area contributed by atoms with E-state index in [0.29, 0.717) is 19.3 Å². The topological polar surface area (TPSA) is 78.9 Å². The molecule has 0 fully saturated rings. The van der Waals surface area contributed by atoms with Crippen LogP contribution in [0, 0.1) is 0 Å². The summed E-state index contributed by atoms with van der Waals surface area (Å²) in [5.74, 6) is -0.902. The smallest absolute Gasteiger partial charge is 0.306 e. The Morgan fingerprint density at radius 1 is 0.256 bits per heavy atom. The van der Waals surface area contributed by atoms with Crippen LogP contribution in [0.2, 0.25) is 0 Å². The van der Waals surface area contributed by atoms with Gasteiger partial charge >= 0.3 is 17.9 Å². The molecule has 1 unspecified atom stereocenters. The SMILES string of the molecule is CC/C=C\C/C=C\C/C=C\C/C=C\C/C=C\C/C=C\CCCCCCCCCCCCCCCCCCC(=O)OCC(COC(=O)CCCCCCCCCC)OC(=O)CCCCCCC/C=C\C/C=C\C/C=C\C/C=C\C/C=C\CC. The summed E-state index contributed by atoms with van der Waals surface area (Å²) in [4.78, 5) is 38.2. The number of hydrogen-bond donors (Lipinski definition) is 0. The Morgan fingerprint density at radius 2 is 0.476 bits per heavy atom. The lowest BCUT2D eigenvalue weighted by Crippen LogP contribution is -2.30. The van der Waals surface area contributed by atoms with Crippen LogP contribution in [0.25, 0.3) is 0 Å². The van der Waals surface area contributed by atoms with Crippen molar-refractivity contribution in [3.05, 3.63) is 134 Å². The lowest BCUT2D eigenvalue weighted by Gasteiger charge is -2.18. The molecule has 0 aromatic carbocycles. The van der Waals surface area contributed by atoms with Crippen molar-refractivity contribution in [1.29, 1.82) is 0 Å². The van der Waals surface area contributed by atoms with Crippen LogP contribution in [-0.4, -0.2) is 37.2 Å². The Labute approximate surface area is 506 Å². The molecule has 0 aliphatic carbocycles. The molecule has 0 aliphatic heterocycles. The van der Waals surface area contributed by atoms with Crippen LogP contribution in [0.4, 0.5) is 0 Å². The summed E-state index contributed by atoms with van der Waals surface area (Å²) < 4.78 is 16.9. The number of ether oxygens (including phenoxy) is 3. The predicted octanol–water partition coefficient (Wildman–Crippen LogP) is 23.7. The van der Waals surface area contributed by atoms with Gasteiger partial charge in [-0.3, -0.25) is 14.4 Å². The molecular formula is C76H126O6. The predicted molar refractivity (Wildman–Crippen MR) is 357 cm³/mol. The monoisotopic (exact) mass is 1130 g/mol. The summed E-state index contributed by atoms with van der Waals surface area (Å²) in [6.07, 6.45) is 97.8. The molecule has 466 valence electrons. The van der Waals surface area contributed by atoms with Crippen molar-refractivity contribution in [2.75, 3.05) is 13.2 Å². The van der Waals surface area contributed by atoms with Crippen molar-refractivity contribution in [3.63, 3.8) is 0 Å². The highest BCUT2D eigenvalue weighted by Crippen LogP contribution is 2.16. The molecule has 0 radical (unpaired) electrons. The fourth-order valence-electron chi connectivity index (χ4n) is 9.36.